The van der Waals surface area contributed by atoms with E-state index in [4.69, 9.17) is 14.5 Å². The van der Waals surface area contributed by atoms with Crippen LogP contribution in [0, 0.1) is 16.0 Å². The molecule has 0 amide bonds. The molecular formula is C22H28N4O4. The molecule has 1 heterocycles. The molecule has 8 heteroatoms. The second-order valence-electron chi connectivity index (χ2n) is 7.38. The van der Waals surface area contributed by atoms with E-state index in [1.165, 1.54) is 12.1 Å². The Bertz CT molecular complexity index is 846. The summed E-state index contributed by atoms with van der Waals surface area (Å²) in [5.41, 5.74) is 2.15. The number of nitro groups is 1. The van der Waals surface area contributed by atoms with E-state index in [1.54, 1.807) is 19.2 Å². The second-order valence-corrected chi connectivity index (χ2v) is 7.38. The molecule has 1 N–H and O–H groups in total. The number of nitrogens with one attached hydrogen (secondary N) is 1. The van der Waals surface area contributed by atoms with Crippen molar-refractivity contribution in [3.8, 4) is 5.75 Å². The zero-order valence-corrected chi connectivity index (χ0v) is 17.4. The second kappa shape index (κ2) is 10.6. The van der Waals surface area contributed by atoms with Crippen LogP contribution in [0.25, 0.3) is 0 Å². The molecule has 1 fully saturated rings. The van der Waals surface area contributed by atoms with E-state index in [9.17, 15) is 10.1 Å². The number of hydrogen-bond acceptors (Lipinski definition) is 5. The number of nitrogens with zero attached hydrogens (tertiary/aromatic N) is 3. The zero-order valence-electron chi connectivity index (χ0n) is 17.4. The summed E-state index contributed by atoms with van der Waals surface area (Å²) in [5.74, 6) is 2.09. The fourth-order valence-electron chi connectivity index (χ4n) is 3.26. The van der Waals surface area contributed by atoms with Gasteiger partial charge in [-0.05, 0) is 29.7 Å². The average molecular weight is 412 g/mol. The summed E-state index contributed by atoms with van der Waals surface area (Å²) in [7, 11) is 3.65. The van der Waals surface area contributed by atoms with Crippen LogP contribution < -0.4 is 10.1 Å². The maximum Gasteiger partial charge on any atom is 0.269 e. The molecule has 2 aromatic rings. The zero-order chi connectivity index (χ0) is 21.3. The van der Waals surface area contributed by atoms with Crippen molar-refractivity contribution in [2.75, 3.05) is 33.9 Å². The van der Waals surface area contributed by atoms with Gasteiger partial charge in [0.15, 0.2) is 5.96 Å². The molecule has 0 aliphatic carbocycles. The number of methoxy groups -OCH3 is 1. The molecule has 0 spiro atoms. The Morgan fingerprint density at radius 1 is 1.23 bits per heavy atom. The lowest BCUT2D eigenvalue weighted by molar-refractivity contribution is -0.384. The quantitative estimate of drug-likeness (QED) is 0.310. The van der Waals surface area contributed by atoms with Gasteiger partial charge in [-0.1, -0.05) is 24.3 Å². The van der Waals surface area contributed by atoms with Crippen LogP contribution in [0.5, 0.6) is 5.75 Å². The molecule has 0 saturated carbocycles. The van der Waals surface area contributed by atoms with Crippen molar-refractivity contribution < 1.29 is 14.4 Å². The third-order valence-corrected chi connectivity index (χ3v) is 5.07. The fourth-order valence-corrected chi connectivity index (χ4v) is 3.26. The normalized spacial score (nSPS) is 16.3. The molecule has 30 heavy (non-hydrogen) atoms. The topological polar surface area (TPSA) is 89.2 Å². The van der Waals surface area contributed by atoms with Gasteiger partial charge in [-0.25, -0.2) is 4.99 Å². The Labute approximate surface area is 176 Å². The van der Waals surface area contributed by atoms with Gasteiger partial charge in [0.1, 0.15) is 5.75 Å². The van der Waals surface area contributed by atoms with Gasteiger partial charge in [-0.2, -0.15) is 0 Å². The van der Waals surface area contributed by atoms with Gasteiger partial charge in [0.05, 0.1) is 25.2 Å². The number of benzene rings is 2. The van der Waals surface area contributed by atoms with E-state index in [-0.39, 0.29) is 5.69 Å². The number of non-ortho nitro benzene ring substituents is 1. The summed E-state index contributed by atoms with van der Waals surface area (Å²) >= 11 is 0. The number of nitro benzene ring substituents is 1. The van der Waals surface area contributed by atoms with Crippen LogP contribution in [0.4, 0.5) is 5.69 Å². The Morgan fingerprint density at radius 2 is 1.93 bits per heavy atom. The Morgan fingerprint density at radius 3 is 2.53 bits per heavy atom. The van der Waals surface area contributed by atoms with E-state index in [2.05, 4.69) is 10.2 Å². The molecular weight excluding hydrogens is 384 g/mol. The Balaban J connectivity index is 1.68. The summed E-state index contributed by atoms with van der Waals surface area (Å²) in [6.07, 6.45) is 1.05. The van der Waals surface area contributed by atoms with Crippen LogP contribution in [-0.2, 0) is 17.8 Å². The molecule has 1 atom stereocenters. The van der Waals surface area contributed by atoms with Crippen LogP contribution >= 0.6 is 0 Å². The minimum atomic E-state index is -0.396. The molecule has 3 rings (SSSR count). The Kier molecular flexibility index (Phi) is 7.62. The van der Waals surface area contributed by atoms with Crippen molar-refractivity contribution in [3.63, 3.8) is 0 Å². The first kappa shape index (κ1) is 21.6. The van der Waals surface area contributed by atoms with Gasteiger partial charge < -0.3 is 19.7 Å². The number of hydrogen-bond donors (Lipinski definition) is 1. The fraction of sp³-hybridized carbons (Fsp3) is 0.409. The largest absolute Gasteiger partial charge is 0.497 e. The molecule has 1 aliphatic heterocycles. The van der Waals surface area contributed by atoms with Gasteiger partial charge in [-0.3, -0.25) is 10.1 Å². The van der Waals surface area contributed by atoms with E-state index in [1.807, 2.05) is 31.3 Å². The number of rotatable bonds is 8. The molecule has 0 aromatic heterocycles. The minimum Gasteiger partial charge on any atom is -0.497 e. The monoisotopic (exact) mass is 412 g/mol. The first-order valence-electron chi connectivity index (χ1n) is 9.98. The molecule has 1 aliphatic rings. The lowest BCUT2D eigenvalue weighted by Gasteiger charge is -2.24. The van der Waals surface area contributed by atoms with E-state index < -0.39 is 4.92 Å². The van der Waals surface area contributed by atoms with E-state index in [0.29, 0.717) is 19.0 Å². The summed E-state index contributed by atoms with van der Waals surface area (Å²) in [6.45, 7) is 3.51. The lowest BCUT2D eigenvalue weighted by atomic mass is 10.1. The van der Waals surface area contributed by atoms with Crippen LogP contribution in [-0.4, -0.2) is 49.7 Å². The van der Waals surface area contributed by atoms with Crippen molar-refractivity contribution in [1.82, 2.24) is 10.2 Å². The predicted octanol–water partition coefficient (Wildman–Crippen LogP) is 3.22. The highest BCUT2D eigenvalue weighted by Crippen LogP contribution is 2.15. The molecule has 2 aromatic carbocycles. The van der Waals surface area contributed by atoms with Crippen LogP contribution in [0.3, 0.4) is 0 Å². The van der Waals surface area contributed by atoms with Gasteiger partial charge >= 0.3 is 0 Å². The van der Waals surface area contributed by atoms with Gasteiger partial charge in [0, 0.05) is 44.8 Å². The SMILES string of the molecule is COc1ccc(CN(C)C(=NCc2ccc([N+](=O)[O-])cc2)NCC2CCOC2)cc1. The number of guanidine groups is 1. The lowest BCUT2D eigenvalue weighted by Crippen LogP contribution is -2.41. The average Bonchev–Trinajstić information content (AvgIpc) is 3.28. The number of ether oxygens (including phenoxy) is 2. The maximum absolute atomic E-state index is 10.8. The van der Waals surface area contributed by atoms with Crippen molar-refractivity contribution in [3.05, 3.63) is 69.8 Å². The summed E-state index contributed by atoms with van der Waals surface area (Å²) < 4.78 is 10.7. The predicted molar refractivity (Wildman–Crippen MR) is 116 cm³/mol. The summed E-state index contributed by atoms with van der Waals surface area (Å²) in [5, 5.41) is 14.3. The smallest absolute Gasteiger partial charge is 0.269 e. The van der Waals surface area contributed by atoms with Crippen molar-refractivity contribution in [2.45, 2.75) is 19.5 Å². The summed E-state index contributed by atoms with van der Waals surface area (Å²) in [4.78, 5) is 17.3. The third kappa shape index (κ3) is 6.18. The van der Waals surface area contributed by atoms with Gasteiger partial charge in [0.25, 0.3) is 5.69 Å². The molecule has 0 bridgehead atoms. The first-order valence-corrected chi connectivity index (χ1v) is 9.98. The molecule has 1 saturated heterocycles. The highest BCUT2D eigenvalue weighted by atomic mass is 16.6. The molecule has 0 radical (unpaired) electrons. The highest BCUT2D eigenvalue weighted by Gasteiger charge is 2.17. The van der Waals surface area contributed by atoms with Gasteiger partial charge in [-0.15, -0.1) is 0 Å². The minimum absolute atomic E-state index is 0.0823. The summed E-state index contributed by atoms with van der Waals surface area (Å²) in [6, 6.07) is 14.5. The van der Waals surface area contributed by atoms with Crippen LogP contribution in [0.2, 0.25) is 0 Å². The standard InChI is InChI=1S/C22H28N4O4/c1-25(15-18-5-9-21(29-2)10-6-18)22(24-14-19-11-12-30-16-19)23-13-17-3-7-20(8-4-17)26(27)28/h3-10,19H,11-16H2,1-2H3,(H,23,24). The van der Waals surface area contributed by atoms with Crippen LogP contribution in [0.15, 0.2) is 53.5 Å². The molecule has 8 nitrogen and oxygen atoms in total. The van der Waals surface area contributed by atoms with Crippen molar-refractivity contribution >= 4 is 11.6 Å². The number of aliphatic imine (C=N–C) groups is 1. The van der Waals surface area contributed by atoms with Gasteiger partial charge in [0.2, 0.25) is 0 Å². The maximum atomic E-state index is 10.8. The molecule has 1 unspecified atom stereocenters. The Hall–Kier alpha value is -3.13. The van der Waals surface area contributed by atoms with Crippen molar-refractivity contribution in [1.29, 1.82) is 0 Å². The third-order valence-electron chi connectivity index (χ3n) is 5.07. The van der Waals surface area contributed by atoms with E-state index in [0.717, 1.165) is 49.0 Å². The highest BCUT2D eigenvalue weighted by molar-refractivity contribution is 5.79. The van der Waals surface area contributed by atoms with E-state index >= 15 is 0 Å². The first-order chi connectivity index (χ1) is 14.5. The molecule has 160 valence electrons. The van der Waals surface area contributed by atoms with Crippen molar-refractivity contribution in [2.24, 2.45) is 10.9 Å². The van der Waals surface area contributed by atoms with Crippen LogP contribution in [0.1, 0.15) is 17.5 Å².